The van der Waals surface area contributed by atoms with Crippen molar-refractivity contribution in [3.8, 4) is 5.75 Å². The Bertz CT molecular complexity index is 275. The summed E-state index contributed by atoms with van der Waals surface area (Å²) in [6, 6.07) is 1.73. The standard InChI is InChI=1S/C7H6F2OS/c1-11-7-3-4(8)6(10)2-5(7)9/h2-3,10H,1H3. The van der Waals surface area contributed by atoms with E-state index in [-0.39, 0.29) is 4.90 Å². The molecule has 1 aromatic carbocycles. The maximum atomic E-state index is 12.7. The maximum Gasteiger partial charge on any atom is 0.166 e. The first-order valence-corrected chi connectivity index (χ1v) is 4.09. The third-order valence-electron chi connectivity index (χ3n) is 1.22. The minimum atomic E-state index is -0.796. The first kappa shape index (κ1) is 8.33. The number of halogens is 2. The Balaban J connectivity index is 3.21. The van der Waals surface area contributed by atoms with Crippen molar-refractivity contribution in [2.24, 2.45) is 0 Å². The predicted molar refractivity (Wildman–Crippen MR) is 39.8 cm³/mol. The van der Waals surface area contributed by atoms with E-state index < -0.39 is 17.4 Å². The second-order valence-electron chi connectivity index (χ2n) is 1.94. The van der Waals surface area contributed by atoms with Crippen LogP contribution in [0.5, 0.6) is 5.75 Å². The van der Waals surface area contributed by atoms with Gasteiger partial charge in [0.05, 0.1) is 0 Å². The Labute approximate surface area is 67.0 Å². The molecule has 0 aliphatic heterocycles. The molecule has 11 heavy (non-hydrogen) atoms. The number of benzene rings is 1. The second kappa shape index (κ2) is 3.09. The number of rotatable bonds is 1. The van der Waals surface area contributed by atoms with E-state index in [0.29, 0.717) is 0 Å². The van der Waals surface area contributed by atoms with Crippen LogP contribution in [0.15, 0.2) is 17.0 Å². The molecule has 0 aromatic heterocycles. The topological polar surface area (TPSA) is 20.2 Å². The highest BCUT2D eigenvalue weighted by Gasteiger charge is 2.07. The van der Waals surface area contributed by atoms with Gasteiger partial charge in [-0.2, -0.15) is 0 Å². The molecule has 1 N–H and O–H groups in total. The average Bonchev–Trinajstić information content (AvgIpc) is 1.97. The minimum absolute atomic E-state index is 0.195. The maximum absolute atomic E-state index is 12.7. The van der Waals surface area contributed by atoms with Gasteiger partial charge in [0.2, 0.25) is 0 Å². The molecule has 0 heterocycles. The molecule has 0 saturated heterocycles. The lowest BCUT2D eigenvalue weighted by Crippen LogP contribution is -1.83. The van der Waals surface area contributed by atoms with Crippen molar-refractivity contribution in [1.82, 2.24) is 0 Å². The van der Waals surface area contributed by atoms with Crippen molar-refractivity contribution in [2.75, 3.05) is 6.26 Å². The highest BCUT2D eigenvalue weighted by atomic mass is 32.2. The summed E-state index contributed by atoms with van der Waals surface area (Å²) in [5.74, 6) is -2.05. The van der Waals surface area contributed by atoms with E-state index in [1.165, 1.54) is 0 Å². The fourth-order valence-corrected chi connectivity index (χ4v) is 1.15. The molecule has 0 radical (unpaired) electrons. The van der Waals surface area contributed by atoms with E-state index in [2.05, 4.69) is 0 Å². The van der Waals surface area contributed by atoms with E-state index in [9.17, 15) is 8.78 Å². The Morgan fingerprint density at radius 3 is 2.45 bits per heavy atom. The van der Waals surface area contributed by atoms with Crippen LogP contribution < -0.4 is 0 Å². The number of hydrogen-bond acceptors (Lipinski definition) is 2. The van der Waals surface area contributed by atoms with E-state index in [1.807, 2.05) is 0 Å². The van der Waals surface area contributed by atoms with Gasteiger partial charge in [-0.05, 0) is 12.3 Å². The molecule has 0 aliphatic rings. The second-order valence-corrected chi connectivity index (χ2v) is 2.79. The van der Waals surface area contributed by atoms with Crippen LogP contribution in [0, 0.1) is 11.6 Å². The quantitative estimate of drug-likeness (QED) is 0.663. The van der Waals surface area contributed by atoms with Crippen LogP contribution in [0.2, 0.25) is 0 Å². The van der Waals surface area contributed by atoms with E-state index in [4.69, 9.17) is 5.11 Å². The zero-order chi connectivity index (χ0) is 8.43. The average molecular weight is 176 g/mol. The Morgan fingerprint density at radius 1 is 1.27 bits per heavy atom. The summed E-state index contributed by atoms with van der Waals surface area (Å²) in [7, 11) is 0. The molecule has 0 atom stereocenters. The molecule has 0 unspecified atom stereocenters. The third-order valence-corrected chi connectivity index (χ3v) is 1.97. The van der Waals surface area contributed by atoms with Crippen molar-refractivity contribution in [3.05, 3.63) is 23.8 Å². The van der Waals surface area contributed by atoms with Crippen LogP contribution >= 0.6 is 11.8 Å². The summed E-state index contributed by atoms with van der Waals surface area (Å²) in [4.78, 5) is 0.195. The molecule has 1 aromatic rings. The minimum Gasteiger partial charge on any atom is -0.505 e. The molecular formula is C7H6F2OS. The van der Waals surface area contributed by atoms with Gasteiger partial charge in [0.1, 0.15) is 5.82 Å². The summed E-state index contributed by atoms with van der Waals surface area (Å²) in [5, 5.41) is 8.70. The molecule has 60 valence electrons. The van der Waals surface area contributed by atoms with Gasteiger partial charge >= 0.3 is 0 Å². The van der Waals surface area contributed by atoms with Gasteiger partial charge in [0, 0.05) is 11.0 Å². The highest BCUT2D eigenvalue weighted by Crippen LogP contribution is 2.25. The lowest BCUT2D eigenvalue weighted by molar-refractivity contribution is 0.423. The van der Waals surface area contributed by atoms with Crippen molar-refractivity contribution >= 4 is 11.8 Å². The normalized spacial score (nSPS) is 10.1. The molecule has 0 saturated carbocycles. The van der Waals surface area contributed by atoms with Gasteiger partial charge in [-0.1, -0.05) is 0 Å². The van der Waals surface area contributed by atoms with Crippen molar-refractivity contribution in [1.29, 1.82) is 0 Å². The molecule has 1 rings (SSSR count). The highest BCUT2D eigenvalue weighted by molar-refractivity contribution is 7.98. The van der Waals surface area contributed by atoms with Gasteiger partial charge in [-0.15, -0.1) is 11.8 Å². The predicted octanol–water partition coefficient (Wildman–Crippen LogP) is 2.39. The Kier molecular flexibility index (Phi) is 2.34. The van der Waals surface area contributed by atoms with Crippen LogP contribution in [0.1, 0.15) is 0 Å². The summed E-state index contributed by atoms with van der Waals surface area (Å²) >= 11 is 1.09. The molecule has 0 fully saturated rings. The van der Waals surface area contributed by atoms with E-state index in [0.717, 1.165) is 23.9 Å². The van der Waals surface area contributed by atoms with Gasteiger partial charge < -0.3 is 5.11 Å². The third kappa shape index (κ3) is 1.63. The smallest absolute Gasteiger partial charge is 0.166 e. The monoisotopic (exact) mass is 176 g/mol. The van der Waals surface area contributed by atoms with E-state index >= 15 is 0 Å². The fourth-order valence-electron chi connectivity index (χ4n) is 0.675. The molecule has 1 nitrogen and oxygen atoms in total. The zero-order valence-corrected chi connectivity index (χ0v) is 6.58. The number of aromatic hydroxyl groups is 1. The molecule has 0 amide bonds. The lowest BCUT2D eigenvalue weighted by atomic mass is 10.3. The molecule has 4 heteroatoms. The van der Waals surface area contributed by atoms with Crippen LogP contribution in [-0.2, 0) is 0 Å². The molecular weight excluding hydrogens is 170 g/mol. The van der Waals surface area contributed by atoms with Crippen molar-refractivity contribution in [3.63, 3.8) is 0 Å². The fraction of sp³-hybridized carbons (Fsp3) is 0.143. The molecule has 0 spiro atoms. The zero-order valence-electron chi connectivity index (χ0n) is 5.77. The number of thioether (sulfide) groups is 1. The van der Waals surface area contributed by atoms with Crippen LogP contribution in [0.3, 0.4) is 0 Å². The number of phenolic OH excluding ortho intramolecular Hbond substituents is 1. The van der Waals surface area contributed by atoms with Gasteiger partial charge in [0.15, 0.2) is 11.6 Å². The van der Waals surface area contributed by atoms with Crippen LogP contribution in [-0.4, -0.2) is 11.4 Å². The van der Waals surface area contributed by atoms with Crippen molar-refractivity contribution < 1.29 is 13.9 Å². The Morgan fingerprint density at radius 2 is 1.91 bits per heavy atom. The lowest BCUT2D eigenvalue weighted by Gasteiger charge is -1.99. The summed E-state index contributed by atoms with van der Waals surface area (Å²) < 4.78 is 25.2. The molecule has 0 aliphatic carbocycles. The van der Waals surface area contributed by atoms with Gasteiger partial charge in [-0.25, -0.2) is 8.78 Å². The summed E-state index contributed by atoms with van der Waals surface area (Å²) in [5.41, 5.74) is 0. The van der Waals surface area contributed by atoms with E-state index in [1.54, 1.807) is 6.26 Å². The number of hydrogen-bond donors (Lipinski definition) is 1. The van der Waals surface area contributed by atoms with Crippen LogP contribution in [0.25, 0.3) is 0 Å². The van der Waals surface area contributed by atoms with Crippen molar-refractivity contribution in [2.45, 2.75) is 4.90 Å². The van der Waals surface area contributed by atoms with Gasteiger partial charge in [0.25, 0.3) is 0 Å². The van der Waals surface area contributed by atoms with Gasteiger partial charge in [-0.3, -0.25) is 0 Å². The number of phenols is 1. The first-order valence-electron chi connectivity index (χ1n) is 2.87. The summed E-state index contributed by atoms with van der Waals surface area (Å²) in [6.45, 7) is 0. The SMILES string of the molecule is CSc1cc(F)c(O)cc1F. The Hall–Kier alpha value is -0.770. The summed E-state index contributed by atoms with van der Waals surface area (Å²) in [6.07, 6.45) is 1.63. The van der Waals surface area contributed by atoms with Crippen LogP contribution in [0.4, 0.5) is 8.78 Å². The largest absolute Gasteiger partial charge is 0.505 e. The molecule has 0 bridgehead atoms. The first-order chi connectivity index (χ1) is 5.15.